The molecule has 0 spiro atoms. The summed E-state index contributed by atoms with van der Waals surface area (Å²) in [5, 5.41) is 5.57. The fourth-order valence-electron chi connectivity index (χ4n) is 4.48. The minimum Gasteiger partial charge on any atom is -0.494 e. The second-order valence-corrected chi connectivity index (χ2v) is 8.67. The zero-order valence-electron chi connectivity index (χ0n) is 20.7. The Labute approximate surface area is 216 Å². The van der Waals surface area contributed by atoms with E-state index in [1.807, 2.05) is 11.0 Å². The molecule has 1 saturated heterocycles. The summed E-state index contributed by atoms with van der Waals surface area (Å²) in [5.74, 6) is -2.34. The van der Waals surface area contributed by atoms with E-state index in [0.29, 0.717) is 31.9 Å². The van der Waals surface area contributed by atoms with Crippen molar-refractivity contribution in [2.45, 2.75) is 6.42 Å². The first-order valence-electron chi connectivity index (χ1n) is 11.8. The Balaban J connectivity index is 1.43. The predicted molar refractivity (Wildman–Crippen MR) is 135 cm³/mol. The van der Waals surface area contributed by atoms with Gasteiger partial charge in [0.2, 0.25) is 5.91 Å². The van der Waals surface area contributed by atoms with Gasteiger partial charge in [-0.15, -0.1) is 0 Å². The number of methoxy groups -OCH3 is 2. The second kappa shape index (κ2) is 10.5. The summed E-state index contributed by atoms with van der Waals surface area (Å²) in [7, 11) is 2.53. The van der Waals surface area contributed by atoms with Gasteiger partial charge in [0, 0.05) is 50.1 Å². The van der Waals surface area contributed by atoms with Crippen LogP contribution >= 0.6 is 0 Å². The molecule has 2 aliphatic rings. The van der Waals surface area contributed by atoms with Gasteiger partial charge in [-0.3, -0.25) is 24.5 Å². The maximum Gasteiger partial charge on any atom is 0.258 e. The van der Waals surface area contributed by atoms with Gasteiger partial charge in [-0.25, -0.2) is 13.8 Å². The highest BCUT2D eigenvalue weighted by molar-refractivity contribution is 6.14. The molecule has 2 N–H and O–H groups in total. The molecule has 0 saturated carbocycles. The van der Waals surface area contributed by atoms with Crippen LogP contribution in [0.15, 0.2) is 47.4 Å². The van der Waals surface area contributed by atoms with E-state index in [4.69, 9.17) is 9.47 Å². The van der Waals surface area contributed by atoms with Gasteiger partial charge in [0.25, 0.3) is 5.91 Å². The van der Waals surface area contributed by atoms with Crippen molar-refractivity contribution in [3.8, 4) is 22.6 Å². The number of hydrogen-bond acceptors (Lipinski definition) is 8. The summed E-state index contributed by atoms with van der Waals surface area (Å²) in [6.45, 7) is 2.10. The van der Waals surface area contributed by atoms with E-state index >= 15 is 8.78 Å². The molecule has 0 unspecified atom stereocenters. The van der Waals surface area contributed by atoms with Gasteiger partial charge in [0.15, 0.2) is 23.1 Å². The van der Waals surface area contributed by atoms with E-state index in [1.54, 1.807) is 0 Å². The van der Waals surface area contributed by atoms with E-state index in [0.717, 1.165) is 18.3 Å². The largest absolute Gasteiger partial charge is 0.494 e. The van der Waals surface area contributed by atoms with Crippen LogP contribution in [0, 0.1) is 11.6 Å². The molecule has 3 heterocycles. The van der Waals surface area contributed by atoms with E-state index < -0.39 is 23.1 Å². The number of amides is 2. The van der Waals surface area contributed by atoms with Crippen LogP contribution in [-0.2, 0) is 4.79 Å². The number of nitrogens with zero attached hydrogens (tertiary/aromatic N) is 4. The summed E-state index contributed by atoms with van der Waals surface area (Å²) >= 11 is 0. The van der Waals surface area contributed by atoms with Gasteiger partial charge in [-0.1, -0.05) is 12.1 Å². The summed E-state index contributed by atoms with van der Waals surface area (Å²) < 4.78 is 40.6. The zero-order valence-corrected chi connectivity index (χ0v) is 20.7. The molecule has 0 atom stereocenters. The van der Waals surface area contributed by atoms with Crippen LogP contribution in [0.2, 0.25) is 0 Å². The van der Waals surface area contributed by atoms with Crippen molar-refractivity contribution < 1.29 is 27.8 Å². The number of ether oxygens (including phenoxy) is 2. The van der Waals surface area contributed by atoms with Crippen molar-refractivity contribution in [1.82, 2.24) is 25.5 Å². The third-order valence-electron chi connectivity index (χ3n) is 6.28. The molecular formula is C26H24F2N6O4. The lowest BCUT2D eigenvalue weighted by molar-refractivity contribution is -0.123. The third-order valence-corrected chi connectivity index (χ3v) is 6.28. The average molecular weight is 523 g/mol. The van der Waals surface area contributed by atoms with Gasteiger partial charge < -0.3 is 20.1 Å². The minimum atomic E-state index is -0.931. The van der Waals surface area contributed by atoms with Crippen LogP contribution in [0.25, 0.3) is 22.2 Å². The van der Waals surface area contributed by atoms with Gasteiger partial charge in [-0.2, -0.15) is 0 Å². The van der Waals surface area contributed by atoms with Crippen molar-refractivity contribution in [3.05, 3.63) is 59.6 Å². The second-order valence-electron chi connectivity index (χ2n) is 8.67. The zero-order chi connectivity index (χ0) is 26.8. The highest BCUT2D eigenvalue weighted by atomic mass is 19.1. The van der Waals surface area contributed by atoms with E-state index in [9.17, 15) is 9.59 Å². The number of aromatic nitrogens is 2. The van der Waals surface area contributed by atoms with Gasteiger partial charge in [0.1, 0.15) is 11.4 Å². The first kappa shape index (κ1) is 25.2. The van der Waals surface area contributed by atoms with Crippen molar-refractivity contribution >= 4 is 28.7 Å². The van der Waals surface area contributed by atoms with Crippen LogP contribution in [0.5, 0.6) is 11.5 Å². The van der Waals surface area contributed by atoms with Crippen molar-refractivity contribution in [2.24, 2.45) is 4.99 Å². The smallest absolute Gasteiger partial charge is 0.258 e. The molecule has 5 rings (SSSR count). The summed E-state index contributed by atoms with van der Waals surface area (Å²) in [6, 6.07) is 3.96. The summed E-state index contributed by atoms with van der Waals surface area (Å²) in [4.78, 5) is 39.8. The lowest BCUT2D eigenvalue weighted by atomic mass is 9.98. The number of fused-ring (bicyclic) bond motifs is 1. The summed E-state index contributed by atoms with van der Waals surface area (Å²) in [6.07, 6.45) is 5.08. The molecule has 1 fully saturated rings. The SMILES string of the molecule is COc1cc(OC)c(F)c(-c2ccc(C(=O)NC3=NC(CN4CCNC(=O)C4)=CC3)c3nccnc23)c1F. The Morgan fingerprint density at radius 1 is 1.11 bits per heavy atom. The fourth-order valence-corrected chi connectivity index (χ4v) is 4.48. The maximum atomic E-state index is 15.2. The lowest BCUT2D eigenvalue weighted by Crippen LogP contribution is -2.47. The number of hydrogen-bond donors (Lipinski definition) is 2. The van der Waals surface area contributed by atoms with E-state index in [1.165, 1.54) is 38.7 Å². The quantitative estimate of drug-likeness (QED) is 0.511. The molecule has 38 heavy (non-hydrogen) atoms. The molecule has 2 aromatic carbocycles. The number of carbonyl (C=O) groups excluding carboxylic acids is 2. The molecule has 2 aliphatic heterocycles. The number of nitrogens with one attached hydrogen (secondary N) is 2. The van der Waals surface area contributed by atoms with E-state index in [-0.39, 0.29) is 39.6 Å². The number of aliphatic imine (C=N–C) groups is 1. The first-order valence-corrected chi connectivity index (χ1v) is 11.8. The van der Waals surface area contributed by atoms with E-state index in [2.05, 4.69) is 25.6 Å². The highest BCUT2D eigenvalue weighted by Gasteiger charge is 2.26. The third kappa shape index (κ3) is 4.77. The Morgan fingerprint density at radius 2 is 1.82 bits per heavy atom. The van der Waals surface area contributed by atoms with Crippen molar-refractivity contribution in [2.75, 3.05) is 40.4 Å². The van der Waals surface area contributed by atoms with Crippen LogP contribution in [-0.4, -0.2) is 72.9 Å². The van der Waals surface area contributed by atoms with Crippen LogP contribution in [0.3, 0.4) is 0 Å². The van der Waals surface area contributed by atoms with Gasteiger partial charge in [-0.05, 0) is 6.07 Å². The van der Waals surface area contributed by atoms with Crippen LogP contribution in [0.4, 0.5) is 8.78 Å². The topological polar surface area (TPSA) is 118 Å². The van der Waals surface area contributed by atoms with Crippen LogP contribution < -0.4 is 20.1 Å². The Bertz CT molecular complexity index is 1480. The molecule has 3 aromatic rings. The standard InChI is InChI=1S/C26H24F2N6O4/c1-37-17-11-18(38-2)23(28)21(22(17)27)15-4-5-16(25-24(15)30-7-8-31-25)26(36)33-19-6-3-14(32-19)12-34-10-9-29-20(35)13-34/h3-5,7-8,11H,6,9-10,12-13H2,1-2H3,(H,29,35)(H,32,33,36). The number of carbonyl (C=O) groups is 2. The predicted octanol–water partition coefficient (Wildman–Crippen LogP) is 2.44. The maximum absolute atomic E-state index is 15.2. The molecule has 196 valence electrons. The molecular weight excluding hydrogens is 498 g/mol. The number of halogens is 2. The molecule has 0 radical (unpaired) electrons. The average Bonchev–Trinajstić information content (AvgIpc) is 3.35. The lowest BCUT2D eigenvalue weighted by Gasteiger charge is -2.25. The summed E-state index contributed by atoms with van der Waals surface area (Å²) in [5.41, 5.74) is 0.894. The van der Waals surface area contributed by atoms with Crippen molar-refractivity contribution in [1.29, 1.82) is 0 Å². The fraction of sp³-hybridized carbons (Fsp3) is 0.269. The molecule has 0 aliphatic carbocycles. The molecule has 12 heteroatoms. The molecule has 10 nitrogen and oxygen atoms in total. The minimum absolute atomic E-state index is 0.0315. The van der Waals surface area contributed by atoms with Crippen LogP contribution in [0.1, 0.15) is 16.8 Å². The van der Waals surface area contributed by atoms with Gasteiger partial charge >= 0.3 is 0 Å². The Kier molecular flexibility index (Phi) is 6.97. The number of piperazine rings is 1. The number of amidine groups is 1. The van der Waals surface area contributed by atoms with Crippen molar-refractivity contribution in [3.63, 3.8) is 0 Å². The molecule has 0 bridgehead atoms. The monoisotopic (exact) mass is 522 g/mol. The number of benzene rings is 2. The molecule has 2 amide bonds. The highest BCUT2D eigenvalue weighted by Crippen LogP contribution is 2.40. The Hall–Kier alpha value is -4.45. The normalized spacial score (nSPS) is 15.6. The molecule has 1 aromatic heterocycles. The number of rotatable bonds is 6. The first-order chi connectivity index (χ1) is 18.4. The Morgan fingerprint density at radius 3 is 2.50 bits per heavy atom. The van der Waals surface area contributed by atoms with Gasteiger partial charge in [0.05, 0.1) is 43.1 Å².